The maximum atomic E-state index is 12.7. The summed E-state index contributed by atoms with van der Waals surface area (Å²) in [4.78, 5) is 38.6. The Labute approximate surface area is 149 Å². The molecule has 0 aromatic rings. The molecule has 0 unspecified atom stereocenters. The topological polar surface area (TPSA) is 66.5 Å². The number of nitrogens with one attached hydrogen (secondary N) is 1. The zero-order valence-electron chi connectivity index (χ0n) is 15.0. The highest BCUT2D eigenvalue weighted by atomic mass is 16.2. The average Bonchev–Trinajstić information content (AvgIpc) is 2.87. The zero-order chi connectivity index (χ0) is 17.8. The van der Waals surface area contributed by atoms with Crippen LogP contribution in [-0.4, -0.2) is 35.7 Å². The van der Waals surface area contributed by atoms with E-state index in [0.717, 1.165) is 25.7 Å². The largest absolute Gasteiger partial charge is 0.354 e. The smallest absolute Gasteiger partial charge is 0.240 e. The molecular formula is C20H28N2O3. The molecule has 1 heterocycles. The third kappa shape index (κ3) is 3.86. The Kier molecular flexibility index (Phi) is 5.71. The van der Waals surface area contributed by atoms with Gasteiger partial charge in [-0.2, -0.15) is 0 Å². The second-order valence-electron chi connectivity index (χ2n) is 7.34. The molecule has 1 N–H and O–H groups in total. The van der Waals surface area contributed by atoms with Crippen molar-refractivity contribution in [1.29, 1.82) is 0 Å². The molecule has 0 spiro atoms. The molecule has 3 atom stereocenters. The molecule has 3 rings (SSSR count). The molecular weight excluding hydrogens is 316 g/mol. The molecule has 0 aromatic heterocycles. The predicted molar refractivity (Wildman–Crippen MR) is 95.4 cm³/mol. The molecule has 0 saturated carbocycles. The monoisotopic (exact) mass is 344 g/mol. The van der Waals surface area contributed by atoms with Gasteiger partial charge in [-0.15, -0.1) is 0 Å². The number of hydrogen-bond donors (Lipinski definition) is 1. The molecule has 5 nitrogen and oxygen atoms in total. The maximum absolute atomic E-state index is 12.7. The summed E-state index contributed by atoms with van der Waals surface area (Å²) in [5, 5.41) is 2.86. The summed E-state index contributed by atoms with van der Waals surface area (Å²) in [5.74, 6) is -1.02. The van der Waals surface area contributed by atoms with E-state index in [9.17, 15) is 14.4 Å². The number of nitrogens with zero attached hydrogens (tertiary/aromatic N) is 1. The van der Waals surface area contributed by atoms with E-state index in [-0.39, 0.29) is 42.0 Å². The van der Waals surface area contributed by atoms with Crippen molar-refractivity contribution in [3.63, 3.8) is 0 Å². The van der Waals surface area contributed by atoms with Crippen LogP contribution in [0.15, 0.2) is 23.8 Å². The minimum atomic E-state index is -0.275. The molecule has 3 amide bonds. The van der Waals surface area contributed by atoms with Gasteiger partial charge in [-0.05, 0) is 50.9 Å². The average molecular weight is 344 g/mol. The minimum Gasteiger partial charge on any atom is -0.354 e. The Morgan fingerprint density at radius 1 is 1.28 bits per heavy atom. The van der Waals surface area contributed by atoms with Gasteiger partial charge in [0.05, 0.1) is 11.8 Å². The van der Waals surface area contributed by atoms with E-state index in [4.69, 9.17) is 0 Å². The summed E-state index contributed by atoms with van der Waals surface area (Å²) < 4.78 is 0. The van der Waals surface area contributed by atoms with Crippen molar-refractivity contribution in [1.82, 2.24) is 10.2 Å². The van der Waals surface area contributed by atoms with Gasteiger partial charge in [0.2, 0.25) is 17.7 Å². The molecule has 0 radical (unpaired) electrons. The summed E-state index contributed by atoms with van der Waals surface area (Å²) in [7, 11) is 0. The van der Waals surface area contributed by atoms with E-state index >= 15 is 0 Å². The van der Waals surface area contributed by atoms with Crippen molar-refractivity contribution < 1.29 is 14.4 Å². The first-order valence-electron chi connectivity index (χ1n) is 9.58. The Bertz CT molecular complexity index is 608. The fourth-order valence-electron chi connectivity index (χ4n) is 4.30. The second kappa shape index (κ2) is 7.98. The Morgan fingerprint density at radius 2 is 2.12 bits per heavy atom. The fourth-order valence-corrected chi connectivity index (χ4v) is 4.30. The van der Waals surface area contributed by atoms with Crippen LogP contribution in [-0.2, 0) is 14.4 Å². The number of rotatable bonds is 6. The molecule has 2 aliphatic carbocycles. The van der Waals surface area contributed by atoms with E-state index in [2.05, 4.69) is 11.4 Å². The Balaban J connectivity index is 1.52. The highest BCUT2D eigenvalue weighted by Crippen LogP contribution is 2.39. The van der Waals surface area contributed by atoms with E-state index in [1.807, 2.05) is 19.1 Å². The van der Waals surface area contributed by atoms with Crippen molar-refractivity contribution in [2.75, 3.05) is 13.1 Å². The van der Waals surface area contributed by atoms with Gasteiger partial charge in [-0.3, -0.25) is 19.3 Å². The number of fused-ring (bicyclic) bond motifs is 1. The van der Waals surface area contributed by atoms with Crippen LogP contribution in [0.1, 0.15) is 51.9 Å². The molecule has 5 heteroatoms. The lowest BCUT2D eigenvalue weighted by Gasteiger charge is -2.24. The van der Waals surface area contributed by atoms with Crippen molar-refractivity contribution in [2.24, 2.45) is 17.8 Å². The summed E-state index contributed by atoms with van der Waals surface area (Å²) in [6.45, 7) is 2.47. The van der Waals surface area contributed by atoms with Crippen LogP contribution in [0.5, 0.6) is 0 Å². The van der Waals surface area contributed by atoms with E-state index in [1.165, 1.54) is 23.3 Å². The number of amides is 3. The maximum Gasteiger partial charge on any atom is 0.240 e. The van der Waals surface area contributed by atoms with Crippen LogP contribution in [0.3, 0.4) is 0 Å². The van der Waals surface area contributed by atoms with Crippen molar-refractivity contribution in [3.05, 3.63) is 23.8 Å². The van der Waals surface area contributed by atoms with Crippen molar-refractivity contribution >= 4 is 17.7 Å². The molecule has 136 valence electrons. The molecule has 0 aromatic carbocycles. The second-order valence-corrected chi connectivity index (χ2v) is 7.34. The van der Waals surface area contributed by atoms with Crippen LogP contribution in [0.25, 0.3) is 0 Å². The van der Waals surface area contributed by atoms with Gasteiger partial charge in [-0.1, -0.05) is 30.7 Å². The quantitative estimate of drug-likeness (QED) is 0.595. The molecule has 1 fully saturated rings. The molecule has 0 bridgehead atoms. The number of hydrogen-bond acceptors (Lipinski definition) is 3. The third-order valence-electron chi connectivity index (χ3n) is 5.73. The lowest BCUT2D eigenvalue weighted by atomic mass is 9.76. The van der Waals surface area contributed by atoms with Gasteiger partial charge >= 0.3 is 0 Å². The molecule has 1 aliphatic heterocycles. The first-order chi connectivity index (χ1) is 12.1. The normalized spacial score (nSPS) is 28.8. The first-order valence-corrected chi connectivity index (χ1v) is 9.58. The van der Waals surface area contributed by atoms with Crippen molar-refractivity contribution in [2.45, 2.75) is 51.9 Å². The lowest BCUT2D eigenvalue weighted by Crippen LogP contribution is -2.41. The van der Waals surface area contributed by atoms with Gasteiger partial charge in [0, 0.05) is 6.54 Å². The zero-order valence-corrected chi connectivity index (χ0v) is 15.0. The highest BCUT2D eigenvalue weighted by Gasteiger charge is 2.50. The van der Waals surface area contributed by atoms with E-state index in [1.54, 1.807) is 0 Å². The fraction of sp³-hybridized carbons (Fsp3) is 0.650. The summed E-state index contributed by atoms with van der Waals surface area (Å²) in [6.07, 6.45) is 13.4. The summed E-state index contributed by atoms with van der Waals surface area (Å²) in [5.41, 5.74) is 1.41. The van der Waals surface area contributed by atoms with Gasteiger partial charge < -0.3 is 5.32 Å². The number of allylic oxidation sites excluding steroid dienone is 3. The summed E-state index contributed by atoms with van der Waals surface area (Å²) in [6, 6.07) is 0. The SMILES string of the molecule is CC[C@@H]1C=CC[C@H]2C(=O)N(CC(=O)NCCC3=CCCCC3)C(=O)[C@@H]12. The van der Waals surface area contributed by atoms with Gasteiger partial charge in [0.15, 0.2) is 0 Å². The highest BCUT2D eigenvalue weighted by molar-refractivity contribution is 6.07. The molecule has 25 heavy (non-hydrogen) atoms. The Morgan fingerprint density at radius 3 is 2.84 bits per heavy atom. The lowest BCUT2D eigenvalue weighted by molar-refractivity contribution is -0.143. The number of likely N-dealkylation sites (tertiary alicyclic amines) is 1. The third-order valence-corrected chi connectivity index (χ3v) is 5.73. The molecule has 1 saturated heterocycles. The van der Waals surface area contributed by atoms with Crippen LogP contribution in [0.2, 0.25) is 0 Å². The van der Waals surface area contributed by atoms with Gasteiger partial charge in [0.1, 0.15) is 6.54 Å². The standard InChI is InChI=1S/C20H28N2O3/c1-2-15-9-6-10-16-18(15)20(25)22(19(16)24)13-17(23)21-12-11-14-7-4-3-5-8-14/h6-7,9,15-16,18H,2-5,8,10-13H2,1H3,(H,21,23)/t15-,16-,18+/m1/s1. The Hall–Kier alpha value is -1.91. The predicted octanol–water partition coefficient (Wildman–Crippen LogP) is 2.58. The number of imide groups is 1. The molecule has 3 aliphatic rings. The number of carbonyl (C=O) groups is 3. The van der Waals surface area contributed by atoms with E-state index < -0.39 is 0 Å². The van der Waals surface area contributed by atoms with Crippen molar-refractivity contribution in [3.8, 4) is 0 Å². The first kappa shape index (κ1) is 17.9. The summed E-state index contributed by atoms with van der Waals surface area (Å²) >= 11 is 0. The minimum absolute atomic E-state index is 0.112. The van der Waals surface area contributed by atoms with Crippen LogP contribution in [0, 0.1) is 17.8 Å². The van der Waals surface area contributed by atoms with Crippen LogP contribution < -0.4 is 5.32 Å². The number of carbonyl (C=O) groups excluding carboxylic acids is 3. The van der Waals surface area contributed by atoms with Crippen LogP contribution >= 0.6 is 0 Å². The van der Waals surface area contributed by atoms with Gasteiger partial charge in [0.25, 0.3) is 0 Å². The van der Waals surface area contributed by atoms with Crippen LogP contribution in [0.4, 0.5) is 0 Å². The van der Waals surface area contributed by atoms with E-state index in [0.29, 0.717) is 13.0 Å². The van der Waals surface area contributed by atoms with Gasteiger partial charge in [-0.25, -0.2) is 0 Å².